The van der Waals surface area contributed by atoms with Gasteiger partial charge in [-0.15, -0.1) is 0 Å². The van der Waals surface area contributed by atoms with Crippen LogP contribution >= 0.6 is 0 Å². The van der Waals surface area contributed by atoms with Crippen molar-refractivity contribution in [2.75, 3.05) is 20.8 Å². The minimum absolute atomic E-state index is 0.00652. The number of rotatable bonds is 9. The molecule has 2 aliphatic rings. The zero-order valence-corrected chi connectivity index (χ0v) is 21.7. The van der Waals surface area contributed by atoms with Crippen LogP contribution in [0.4, 0.5) is 0 Å². The lowest BCUT2D eigenvalue weighted by Crippen LogP contribution is -2.48. The summed E-state index contributed by atoms with van der Waals surface area (Å²) in [7, 11) is 3.17. The number of hydrogen-bond acceptors (Lipinski definition) is 6. The van der Waals surface area contributed by atoms with E-state index in [4.69, 9.17) is 9.47 Å². The third-order valence-corrected chi connectivity index (χ3v) is 6.95. The number of ether oxygens (including phenoxy) is 2. The van der Waals surface area contributed by atoms with Crippen molar-refractivity contribution in [1.29, 1.82) is 0 Å². The van der Waals surface area contributed by atoms with Crippen LogP contribution in [0.5, 0.6) is 11.5 Å². The molecule has 1 saturated heterocycles. The van der Waals surface area contributed by atoms with E-state index in [0.717, 1.165) is 5.56 Å². The number of nitrogens with zero attached hydrogens (tertiary/aromatic N) is 2. The summed E-state index contributed by atoms with van der Waals surface area (Å²) >= 11 is 0. The van der Waals surface area contributed by atoms with Crippen molar-refractivity contribution in [3.8, 4) is 11.5 Å². The van der Waals surface area contributed by atoms with Crippen LogP contribution in [0.1, 0.15) is 68.3 Å². The monoisotopic (exact) mass is 492 g/mol. The van der Waals surface area contributed by atoms with E-state index in [1.54, 1.807) is 25.3 Å². The SMILES string of the molecule is COc1ccc(C(C)NC(=O)CCN2C=CN3NC(c4ccc(C(C)C)cc4)CC3C2=O)cc1OC. The van der Waals surface area contributed by atoms with Crippen LogP contribution in [-0.2, 0) is 9.59 Å². The summed E-state index contributed by atoms with van der Waals surface area (Å²) in [6.07, 6.45) is 4.54. The van der Waals surface area contributed by atoms with Gasteiger partial charge in [0.25, 0.3) is 5.91 Å². The Bertz CT molecular complexity index is 1120. The molecule has 2 N–H and O–H groups in total. The topological polar surface area (TPSA) is 83.1 Å². The summed E-state index contributed by atoms with van der Waals surface area (Å²) in [4.78, 5) is 27.4. The normalized spacial score (nSPS) is 19.9. The van der Waals surface area contributed by atoms with Gasteiger partial charge in [-0.3, -0.25) is 9.59 Å². The standard InChI is InChI=1S/C28H36N4O4/c1-18(2)20-6-8-21(9-7-20)23-17-24-28(34)31(14-15-32(24)30-23)13-12-27(33)29-19(3)22-10-11-25(35-4)26(16-22)36-5/h6-11,14-16,18-19,23-24,30H,12-13,17H2,1-5H3,(H,29,33). The van der Waals surface area contributed by atoms with Gasteiger partial charge in [0.2, 0.25) is 5.91 Å². The third kappa shape index (κ3) is 5.49. The minimum Gasteiger partial charge on any atom is -0.493 e. The molecule has 4 rings (SSSR count). The average Bonchev–Trinajstić information content (AvgIpc) is 3.33. The van der Waals surface area contributed by atoms with Gasteiger partial charge in [-0.05, 0) is 48.1 Å². The molecule has 2 heterocycles. The number of benzene rings is 2. The van der Waals surface area contributed by atoms with Gasteiger partial charge in [-0.1, -0.05) is 44.2 Å². The van der Waals surface area contributed by atoms with Crippen molar-refractivity contribution in [1.82, 2.24) is 20.7 Å². The van der Waals surface area contributed by atoms with E-state index in [1.807, 2.05) is 36.3 Å². The summed E-state index contributed by atoms with van der Waals surface area (Å²) in [5, 5.41) is 4.89. The molecule has 8 nitrogen and oxygen atoms in total. The lowest BCUT2D eigenvalue weighted by molar-refractivity contribution is -0.134. The summed E-state index contributed by atoms with van der Waals surface area (Å²) in [6, 6.07) is 13.8. The Labute approximate surface area is 213 Å². The number of nitrogens with one attached hydrogen (secondary N) is 2. The van der Waals surface area contributed by atoms with E-state index in [0.29, 0.717) is 30.4 Å². The molecule has 3 atom stereocenters. The summed E-state index contributed by atoms with van der Waals surface area (Å²) in [5.74, 6) is 1.63. The largest absolute Gasteiger partial charge is 0.493 e. The van der Waals surface area contributed by atoms with E-state index < -0.39 is 0 Å². The van der Waals surface area contributed by atoms with Gasteiger partial charge in [0, 0.05) is 25.4 Å². The molecule has 2 aromatic carbocycles. The van der Waals surface area contributed by atoms with Crippen LogP contribution in [0.15, 0.2) is 54.9 Å². The van der Waals surface area contributed by atoms with Crippen LogP contribution in [-0.4, -0.2) is 48.5 Å². The van der Waals surface area contributed by atoms with Crippen LogP contribution in [0.2, 0.25) is 0 Å². The van der Waals surface area contributed by atoms with Gasteiger partial charge in [0.05, 0.1) is 26.3 Å². The maximum Gasteiger partial charge on any atom is 0.250 e. The fourth-order valence-corrected chi connectivity index (χ4v) is 4.69. The highest BCUT2D eigenvalue weighted by Gasteiger charge is 2.39. The molecule has 0 bridgehead atoms. The predicted octanol–water partition coefficient (Wildman–Crippen LogP) is 4.03. The molecule has 0 aliphatic carbocycles. The number of fused-ring (bicyclic) bond motifs is 1. The Kier molecular flexibility index (Phi) is 7.84. The quantitative estimate of drug-likeness (QED) is 0.550. The fourth-order valence-electron chi connectivity index (χ4n) is 4.69. The Morgan fingerprint density at radius 2 is 1.72 bits per heavy atom. The zero-order chi connectivity index (χ0) is 25.8. The Morgan fingerprint density at radius 3 is 2.39 bits per heavy atom. The van der Waals surface area contributed by atoms with Crippen molar-refractivity contribution in [3.05, 3.63) is 71.6 Å². The summed E-state index contributed by atoms with van der Waals surface area (Å²) in [6.45, 7) is 6.61. The molecule has 2 aliphatic heterocycles. The second kappa shape index (κ2) is 11.0. The molecule has 0 radical (unpaired) electrons. The molecular weight excluding hydrogens is 456 g/mol. The van der Waals surface area contributed by atoms with Gasteiger partial charge >= 0.3 is 0 Å². The predicted molar refractivity (Wildman–Crippen MR) is 138 cm³/mol. The van der Waals surface area contributed by atoms with E-state index in [-0.39, 0.29) is 36.4 Å². The molecule has 1 fully saturated rings. The van der Waals surface area contributed by atoms with E-state index >= 15 is 0 Å². The molecular formula is C28H36N4O4. The first-order valence-electron chi connectivity index (χ1n) is 12.4. The molecule has 0 saturated carbocycles. The number of hydrogen-bond donors (Lipinski definition) is 2. The number of methoxy groups -OCH3 is 2. The minimum atomic E-state index is -0.279. The average molecular weight is 493 g/mol. The number of amides is 2. The first kappa shape index (κ1) is 25.6. The van der Waals surface area contributed by atoms with Crippen molar-refractivity contribution in [3.63, 3.8) is 0 Å². The molecule has 192 valence electrons. The number of hydrazine groups is 1. The molecule has 2 aromatic rings. The highest BCUT2D eigenvalue weighted by Crippen LogP contribution is 2.32. The van der Waals surface area contributed by atoms with Gasteiger partial charge in [0.1, 0.15) is 6.04 Å². The Hall–Kier alpha value is -3.52. The second-order valence-corrected chi connectivity index (χ2v) is 9.65. The molecule has 3 unspecified atom stereocenters. The third-order valence-electron chi connectivity index (χ3n) is 6.95. The molecule has 0 spiro atoms. The lowest BCUT2D eigenvalue weighted by atomic mass is 9.97. The maximum atomic E-state index is 13.1. The van der Waals surface area contributed by atoms with Crippen molar-refractivity contribution >= 4 is 11.8 Å². The summed E-state index contributed by atoms with van der Waals surface area (Å²) < 4.78 is 10.6. The molecule has 2 amide bonds. The molecule has 8 heteroatoms. The lowest BCUT2D eigenvalue weighted by Gasteiger charge is -2.31. The van der Waals surface area contributed by atoms with E-state index in [1.165, 1.54) is 11.1 Å². The smallest absolute Gasteiger partial charge is 0.250 e. The van der Waals surface area contributed by atoms with Crippen LogP contribution in [0, 0.1) is 0 Å². The van der Waals surface area contributed by atoms with Crippen molar-refractivity contribution in [2.24, 2.45) is 0 Å². The fraction of sp³-hybridized carbons (Fsp3) is 0.429. The number of carbonyl (C=O) groups is 2. The summed E-state index contributed by atoms with van der Waals surface area (Å²) in [5.41, 5.74) is 6.82. The Balaban J connectivity index is 1.30. The highest BCUT2D eigenvalue weighted by atomic mass is 16.5. The first-order valence-corrected chi connectivity index (χ1v) is 12.4. The van der Waals surface area contributed by atoms with Gasteiger partial charge in [0.15, 0.2) is 11.5 Å². The Morgan fingerprint density at radius 1 is 1.03 bits per heavy atom. The molecule has 0 aromatic heterocycles. The first-order chi connectivity index (χ1) is 17.3. The van der Waals surface area contributed by atoms with E-state index in [9.17, 15) is 9.59 Å². The van der Waals surface area contributed by atoms with Crippen molar-refractivity contribution < 1.29 is 19.1 Å². The second-order valence-electron chi connectivity index (χ2n) is 9.65. The number of carbonyl (C=O) groups excluding carboxylic acids is 2. The van der Waals surface area contributed by atoms with Gasteiger partial charge in [-0.25, -0.2) is 5.43 Å². The van der Waals surface area contributed by atoms with Gasteiger partial charge < -0.3 is 24.7 Å². The van der Waals surface area contributed by atoms with Crippen LogP contribution < -0.4 is 20.2 Å². The zero-order valence-electron chi connectivity index (χ0n) is 21.7. The molecule has 36 heavy (non-hydrogen) atoms. The van der Waals surface area contributed by atoms with E-state index in [2.05, 4.69) is 48.9 Å². The maximum absolute atomic E-state index is 13.1. The van der Waals surface area contributed by atoms with Crippen LogP contribution in [0.25, 0.3) is 0 Å². The van der Waals surface area contributed by atoms with Crippen LogP contribution in [0.3, 0.4) is 0 Å². The van der Waals surface area contributed by atoms with Gasteiger partial charge in [-0.2, -0.15) is 0 Å². The highest BCUT2D eigenvalue weighted by molar-refractivity contribution is 5.85. The van der Waals surface area contributed by atoms with Crippen molar-refractivity contribution in [2.45, 2.75) is 57.7 Å².